The van der Waals surface area contributed by atoms with Crippen molar-refractivity contribution in [2.75, 3.05) is 5.32 Å². The van der Waals surface area contributed by atoms with Gasteiger partial charge in [0.15, 0.2) is 0 Å². The highest BCUT2D eigenvalue weighted by atomic mass is 32.1. The second kappa shape index (κ2) is 5.36. The highest BCUT2D eigenvalue weighted by Gasteiger charge is 2.10. The Kier molecular flexibility index (Phi) is 3.82. The van der Waals surface area contributed by atoms with Gasteiger partial charge < -0.3 is 5.32 Å². The molecule has 0 radical (unpaired) electrons. The van der Waals surface area contributed by atoms with Gasteiger partial charge in [-0.1, -0.05) is 24.6 Å². The van der Waals surface area contributed by atoms with Gasteiger partial charge >= 0.3 is 0 Å². The van der Waals surface area contributed by atoms with Crippen molar-refractivity contribution < 1.29 is 4.79 Å². The van der Waals surface area contributed by atoms with Crippen molar-refractivity contribution in [3.8, 4) is 0 Å². The monoisotopic (exact) mass is 259 g/mol. The van der Waals surface area contributed by atoms with Crippen LogP contribution in [0.5, 0.6) is 0 Å². The van der Waals surface area contributed by atoms with Gasteiger partial charge in [-0.2, -0.15) is 0 Å². The van der Waals surface area contributed by atoms with Crippen LogP contribution in [0.1, 0.15) is 32.6 Å². The Labute approximate surface area is 112 Å². The summed E-state index contributed by atoms with van der Waals surface area (Å²) in [7, 11) is 0. The Morgan fingerprint density at radius 3 is 2.61 bits per heavy atom. The molecule has 0 saturated carbocycles. The minimum absolute atomic E-state index is 0.0216. The molecule has 0 spiro atoms. The number of anilines is 1. The second-order valence-corrected chi connectivity index (χ2v) is 5.56. The van der Waals surface area contributed by atoms with Gasteiger partial charge in [0.1, 0.15) is 0 Å². The van der Waals surface area contributed by atoms with Gasteiger partial charge in [-0.3, -0.25) is 4.79 Å². The van der Waals surface area contributed by atoms with Crippen LogP contribution in [0.2, 0.25) is 0 Å². The molecule has 0 atom stereocenters. The lowest BCUT2D eigenvalue weighted by molar-refractivity contribution is 0.103. The molecule has 1 aromatic heterocycles. The SMILES string of the molecule is CCc1ccc(C(=O)Nc2ccc(C)cc2C)s1. The van der Waals surface area contributed by atoms with E-state index in [1.807, 2.05) is 38.1 Å². The number of amides is 1. The molecule has 2 nitrogen and oxygen atoms in total. The van der Waals surface area contributed by atoms with Crippen molar-refractivity contribution in [2.45, 2.75) is 27.2 Å². The Morgan fingerprint density at radius 2 is 2.00 bits per heavy atom. The van der Waals surface area contributed by atoms with Crippen molar-refractivity contribution in [3.05, 3.63) is 51.2 Å². The lowest BCUT2D eigenvalue weighted by Crippen LogP contribution is -2.11. The van der Waals surface area contributed by atoms with Crippen molar-refractivity contribution >= 4 is 22.9 Å². The molecule has 3 heteroatoms. The Balaban J connectivity index is 2.16. The van der Waals surface area contributed by atoms with Crippen molar-refractivity contribution in [1.29, 1.82) is 0 Å². The molecule has 0 bridgehead atoms. The summed E-state index contributed by atoms with van der Waals surface area (Å²) in [5, 5.41) is 2.96. The minimum Gasteiger partial charge on any atom is -0.321 e. The van der Waals surface area contributed by atoms with E-state index in [9.17, 15) is 4.79 Å². The predicted octanol–water partition coefficient (Wildman–Crippen LogP) is 4.18. The van der Waals surface area contributed by atoms with Crippen LogP contribution in [0.25, 0.3) is 0 Å². The molecule has 0 aliphatic carbocycles. The van der Waals surface area contributed by atoms with Gasteiger partial charge in [0.25, 0.3) is 5.91 Å². The van der Waals surface area contributed by atoms with Crippen LogP contribution in [0.15, 0.2) is 30.3 Å². The zero-order chi connectivity index (χ0) is 13.1. The summed E-state index contributed by atoms with van der Waals surface area (Å²) in [6.07, 6.45) is 0.974. The van der Waals surface area contributed by atoms with Gasteiger partial charge in [0.2, 0.25) is 0 Å². The van der Waals surface area contributed by atoms with Gasteiger partial charge in [-0.25, -0.2) is 0 Å². The van der Waals surface area contributed by atoms with E-state index in [0.717, 1.165) is 22.5 Å². The van der Waals surface area contributed by atoms with Crippen LogP contribution in [0.3, 0.4) is 0 Å². The lowest BCUT2D eigenvalue weighted by Gasteiger charge is -2.07. The summed E-state index contributed by atoms with van der Waals surface area (Å²) >= 11 is 1.56. The second-order valence-electron chi connectivity index (χ2n) is 4.39. The fourth-order valence-corrected chi connectivity index (χ4v) is 2.67. The summed E-state index contributed by atoms with van der Waals surface area (Å²) in [5.41, 5.74) is 3.18. The maximum absolute atomic E-state index is 12.1. The number of thiophene rings is 1. The molecule has 0 saturated heterocycles. The zero-order valence-corrected chi connectivity index (χ0v) is 11.7. The van der Waals surface area contributed by atoms with Crippen LogP contribution >= 0.6 is 11.3 Å². The first-order valence-electron chi connectivity index (χ1n) is 6.07. The van der Waals surface area contributed by atoms with Crippen molar-refractivity contribution in [1.82, 2.24) is 0 Å². The van der Waals surface area contributed by atoms with Crippen LogP contribution in [0, 0.1) is 13.8 Å². The van der Waals surface area contributed by atoms with Gasteiger partial charge in [0.05, 0.1) is 4.88 Å². The smallest absolute Gasteiger partial charge is 0.265 e. The zero-order valence-electron chi connectivity index (χ0n) is 10.9. The van der Waals surface area contributed by atoms with E-state index in [1.165, 1.54) is 10.4 Å². The normalized spacial score (nSPS) is 10.4. The van der Waals surface area contributed by atoms with Crippen LogP contribution < -0.4 is 5.32 Å². The van der Waals surface area contributed by atoms with Gasteiger partial charge in [-0.15, -0.1) is 11.3 Å². The third-order valence-corrected chi connectivity index (χ3v) is 4.09. The molecule has 1 heterocycles. The van der Waals surface area contributed by atoms with E-state index in [-0.39, 0.29) is 5.91 Å². The van der Waals surface area contributed by atoms with E-state index in [0.29, 0.717) is 0 Å². The molecular formula is C15H17NOS. The standard InChI is InChI=1S/C15H17NOS/c1-4-12-6-8-14(18-12)15(17)16-13-7-5-10(2)9-11(13)3/h5-9H,4H2,1-3H3,(H,16,17). The number of carbonyl (C=O) groups is 1. The summed E-state index contributed by atoms with van der Waals surface area (Å²) in [6.45, 7) is 6.15. The topological polar surface area (TPSA) is 29.1 Å². The van der Waals surface area contributed by atoms with Gasteiger partial charge in [-0.05, 0) is 44.0 Å². The van der Waals surface area contributed by atoms with E-state index >= 15 is 0 Å². The first kappa shape index (κ1) is 12.8. The molecule has 0 aliphatic heterocycles. The van der Waals surface area contributed by atoms with E-state index in [1.54, 1.807) is 11.3 Å². The molecule has 1 aromatic carbocycles. The molecule has 0 aliphatic rings. The predicted molar refractivity (Wildman–Crippen MR) is 77.6 cm³/mol. The largest absolute Gasteiger partial charge is 0.321 e. The summed E-state index contributed by atoms with van der Waals surface area (Å²) < 4.78 is 0. The molecule has 2 rings (SSSR count). The summed E-state index contributed by atoms with van der Waals surface area (Å²) in [6, 6.07) is 9.94. The average Bonchev–Trinajstić information content (AvgIpc) is 2.81. The maximum Gasteiger partial charge on any atom is 0.265 e. The summed E-state index contributed by atoms with van der Waals surface area (Å²) in [5.74, 6) is -0.0216. The fraction of sp³-hybridized carbons (Fsp3) is 0.267. The quantitative estimate of drug-likeness (QED) is 0.880. The number of nitrogens with one attached hydrogen (secondary N) is 1. The molecule has 94 valence electrons. The van der Waals surface area contributed by atoms with Crippen molar-refractivity contribution in [3.63, 3.8) is 0 Å². The first-order chi connectivity index (χ1) is 8.60. The number of benzene rings is 1. The fourth-order valence-electron chi connectivity index (χ4n) is 1.83. The molecular weight excluding hydrogens is 242 g/mol. The van der Waals surface area contributed by atoms with Crippen LogP contribution in [0.4, 0.5) is 5.69 Å². The Bertz CT molecular complexity index is 572. The average molecular weight is 259 g/mol. The van der Waals surface area contributed by atoms with E-state index in [4.69, 9.17) is 0 Å². The highest BCUT2D eigenvalue weighted by molar-refractivity contribution is 7.14. The lowest BCUT2D eigenvalue weighted by atomic mass is 10.1. The van der Waals surface area contributed by atoms with E-state index in [2.05, 4.69) is 18.3 Å². The number of hydrogen-bond donors (Lipinski definition) is 1. The first-order valence-corrected chi connectivity index (χ1v) is 6.89. The molecule has 1 N–H and O–H groups in total. The van der Waals surface area contributed by atoms with Crippen LogP contribution in [-0.4, -0.2) is 5.91 Å². The number of hydrogen-bond acceptors (Lipinski definition) is 2. The molecule has 2 aromatic rings. The molecule has 1 amide bonds. The molecule has 0 unspecified atom stereocenters. The highest BCUT2D eigenvalue weighted by Crippen LogP contribution is 2.21. The number of aryl methyl sites for hydroxylation is 3. The third kappa shape index (κ3) is 2.79. The number of carbonyl (C=O) groups excluding carboxylic acids is 1. The summed E-state index contributed by atoms with van der Waals surface area (Å²) in [4.78, 5) is 14.1. The van der Waals surface area contributed by atoms with Crippen LogP contribution in [-0.2, 0) is 6.42 Å². The Morgan fingerprint density at radius 1 is 1.22 bits per heavy atom. The molecule has 0 fully saturated rings. The molecule has 18 heavy (non-hydrogen) atoms. The number of rotatable bonds is 3. The van der Waals surface area contributed by atoms with Gasteiger partial charge in [0, 0.05) is 10.6 Å². The minimum atomic E-state index is -0.0216. The van der Waals surface area contributed by atoms with E-state index < -0.39 is 0 Å². The Hall–Kier alpha value is -1.61. The third-order valence-electron chi connectivity index (χ3n) is 2.86. The maximum atomic E-state index is 12.1. The van der Waals surface area contributed by atoms with Crippen molar-refractivity contribution in [2.24, 2.45) is 0 Å².